The lowest BCUT2D eigenvalue weighted by atomic mass is 9.95. The fraction of sp³-hybridized carbons (Fsp3) is 0.171. The molecule has 1 aliphatic rings. The van der Waals surface area contributed by atoms with E-state index in [-0.39, 0.29) is 6.61 Å². The summed E-state index contributed by atoms with van der Waals surface area (Å²) in [6.07, 6.45) is 0. The van der Waals surface area contributed by atoms with E-state index in [1.807, 2.05) is 91.9 Å². The summed E-state index contributed by atoms with van der Waals surface area (Å²) in [4.78, 5) is 18.7. The summed E-state index contributed by atoms with van der Waals surface area (Å²) in [5, 5.41) is 9.42. The largest absolute Gasteiger partial charge is 0.489 e. The molecule has 0 spiro atoms. The predicted molar refractivity (Wildman–Crippen MR) is 181 cm³/mol. The second kappa shape index (κ2) is 13.9. The molecule has 1 unspecified atom stereocenters. The monoisotopic (exact) mass is 700 g/mol. The van der Waals surface area contributed by atoms with Gasteiger partial charge in [0.2, 0.25) is 11.1 Å². The van der Waals surface area contributed by atoms with Crippen LogP contribution >= 0.6 is 39.3 Å². The van der Waals surface area contributed by atoms with Gasteiger partial charge < -0.3 is 14.8 Å². The third-order valence-electron chi connectivity index (χ3n) is 7.36. The van der Waals surface area contributed by atoms with Crippen LogP contribution in [0, 0.1) is 6.92 Å². The van der Waals surface area contributed by atoms with Gasteiger partial charge in [-0.25, -0.2) is 9.48 Å². The number of halogens is 2. The van der Waals surface area contributed by atoms with Gasteiger partial charge in [0.05, 0.1) is 5.57 Å². The van der Waals surface area contributed by atoms with Crippen molar-refractivity contribution < 1.29 is 14.3 Å². The molecule has 1 N–H and O–H groups in total. The van der Waals surface area contributed by atoms with Crippen LogP contribution in [0.4, 0.5) is 5.95 Å². The molecule has 0 fully saturated rings. The van der Waals surface area contributed by atoms with Gasteiger partial charge in [-0.1, -0.05) is 118 Å². The predicted octanol–water partition coefficient (Wildman–Crippen LogP) is 8.91. The SMILES string of the molecule is CC1=C(C(=O)OCc2ccccc2)C(c2cc(Br)ccc2OCc2ccc(C)cc2)n2nc(SCc3ccccc3Cl)nc2N1. The Morgan fingerprint density at radius 2 is 1.69 bits per heavy atom. The van der Waals surface area contributed by atoms with Crippen LogP contribution in [0.5, 0.6) is 5.75 Å². The van der Waals surface area contributed by atoms with Crippen molar-refractivity contribution >= 4 is 51.2 Å². The highest BCUT2D eigenvalue weighted by molar-refractivity contribution is 9.10. The third kappa shape index (κ3) is 7.27. The number of nitrogens with one attached hydrogen (secondary N) is 1. The van der Waals surface area contributed by atoms with Crippen molar-refractivity contribution in [3.8, 4) is 5.75 Å². The Balaban J connectivity index is 1.36. The minimum Gasteiger partial charge on any atom is -0.489 e. The van der Waals surface area contributed by atoms with E-state index in [1.165, 1.54) is 17.3 Å². The number of fused-ring (bicyclic) bond motifs is 1. The quantitative estimate of drug-likeness (QED) is 0.115. The molecular weight excluding hydrogens is 672 g/mol. The summed E-state index contributed by atoms with van der Waals surface area (Å²) in [5.74, 6) is 1.28. The van der Waals surface area contributed by atoms with Gasteiger partial charge in [0.1, 0.15) is 25.0 Å². The molecule has 4 aromatic carbocycles. The Morgan fingerprint density at radius 1 is 0.956 bits per heavy atom. The molecule has 0 radical (unpaired) electrons. The lowest BCUT2D eigenvalue weighted by molar-refractivity contribution is -0.140. The number of carbonyl (C=O) groups excluding carboxylic acids is 1. The van der Waals surface area contributed by atoms with Crippen LogP contribution in [0.2, 0.25) is 5.02 Å². The lowest BCUT2D eigenvalue weighted by Crippen LogP contribution is -2.30. The Bertz CT molecular complexity index is 1860. The van der Waals surface area contributed by atoms with Crippen LogP contribution in [0.3, 0.4) is 0 Å². The van der Waals surface area contributed by atoms with E-state index < -0.39 is 12.0 Å². The van der Waals surface area contributed by atoms with Gasteiger partial charge in [-0.15, -0.1) is 5.10 Å². The maximum atomic E-state index is 13.9. The number of esters is 1. The number of anilines is 1. The van der Waals surface area contributed by atoms with Crippen molar-refractivity contribution in [2.45, 2.75) is 44.0 Å². The summed E-state index contributed by atoms with van der Waals surface area (Å²) >= 11 is 11.5. The van der Waals surface area contributed by atoms with Gasteiger partial charge in [-0.05, 0) is 54.8 Å². The Morgan fingerprint density at radius 3 is 2.47 bits per heavy atom. The number of carbonyl (C=O) groups is 1. The van der Waals surface area contributed by atoms with Gasteiger partial charge in [0.15, 0.2) is 0 Å². The van der Waals surface area contributed by atoms with Crippen LogP contribution in [-0.4, -0.2) is 20.7 Å². The maximum absolute atomic E-state index is 13.9. The standard InChI is InChI=1S/C35H30BrClN4O3S/c1-22-12-14-25(15-13-22)19-43-30-17-16-27(36)18-28(30)32-31(33(42)44-20-24-8-4-3-5-9-24)23(2)38-34-39-35(40-41(32)34)45-21-26-10-6-7-11-29(26)37/h3-18,32H,19-21H2,1-2H3,(H,38,39,40). The van der Waals surface area contributed by atoms with E-state index in [1.54, 1.807) is 4.68 Å². The second-order valence-electron chi connectivity index (χ2n) is 10.6. The number of hydrogen-bond acceptors (Lipinski definition) is 7. The van der Waals surface area contributed by atoms with Gasteiger partial charge in [-0.2, -0.15) is 4.98 Å². The fourth-order valence-corrected chi connectivity index (χ4v) is 6.51. The molecule has 2 heterocycles. The number of hydrogen-bond donors (Lipinski definition) is 1. The molecule has 0 amide bonds. The van der Waals surface area contributed by atoms with Crippen molar-refractivity contribution in [3.63, 3.8) is 0 Å². The second-order valence-corrected chi connectivity index (χ2v) is 12.9. The third-order valence-corrected chi connectivity index (χ3v) is 9.11. The lowest BCUT2D eigenvalue weighted by Gasteiger charge is -2.29. The molecule has 45 heavy (non-hydrogen) atoms. The van der Waals surface area contributed by atoms with Crippen LogP contribution in [0.25, 0.3) is 0 Å². The number of rotatable bonds is 10. The number of benzene rings is 4. The highest BCUT2D eigenvalue weighted by Gasteiger charge is 2.37. The number of thioether (sulfide) groups is 1. The average molecular weight is 702 g/mol. The molecule has 1 aliphatic heterocycles. The first kappa shape index (κ1) is 31.0. The zero-order valence-corrected chi connectivity index (χ0v) is 27.8. The molecule has 0 saturated carbocycles. The van der Waals surface area contributed by atoms with E-state index in [0.29, 0.717) is 45.5 Å². The van der Waals surface area contributed by atoms with E-state index in [4.69, 9.17) is 31.2 Å². The zero-order valence-electron chi connectivity index (χ0n) is 24.7. The Hall–Kier alpha value is -4.05. The molecule has 5 aromatic rings. The van der Waals surface area contributed by atoms with E-state index in [9.17, 15) is 4.79 Å². The fourth-order valence-electron chi connectivity index (χ4n) is 5.01. The maximum Gasteiger partial charge on any atom is 0.338 e. The minimum absolute atomic E-state index is 0.140. The number of ether oxygens (including phenoxy) is 2. The first-order valence-corrected chi connectivity index (χ1v) is 16.5. The topological polar surface area (TPSA) is 78.3 Å². The van der Waals surface area contributed by atoms with Gasteiger partial charge in [0.25, 0.3) is 0 Å². The summed E-state index contributed by atoms with van der Waals surface area (Å²) in [6, 6.07) is 30.7. The first-order chi connectivity index (χ1) is 21.9. The number of aryl methyl sites for hydroxylation is 1. The van der Waals surface area contributed by atoms with E-state index >= 15 is 0 Å². The molecule has 10 heteroatoms. The smallest absolute Gasteiger partial charge is 0.338 e. The number of nitrogens with zero attached hydrogens (tertiary/aromatic N) is 3. The minimum atomic E-state index is -0.669. The Kier molecular flexibility index (Phi) is 9.59. The molecule has 0 saturated heterocycles. The summed E-state index contributed by atoms with van der Waals surface area (Å²) in [6.45, 7) is 4.41. The van der Waals surface area contributed by atoms with Crippen molar-refractivity contribution in [1.82, 2.24) is 14.8 Å². The van der Waals surface area contributed by atoms with Gasteiger partial charge >= 0.3 is 5.97 Å². The van der Waals surface area contributed by atoms with Crippen molar-refractivity contribution in [3.05, 3.63) is 146 Å². The summed E-state index contributed by atoms with van der Waals surface area (Å²) in [5.41, 5.74) is 5.90. The Labute approximate surface area is 279 Å². The van der Waals surface area contributed by atoms with Crippen LogP contribution < -0.4 is 10.1 Å². The van der Waals surface area contributed by atoms with E-state index in [0.717, 1.165) is 26.7 Å². The van der Waals surface area contributed by atoms with Crippen molar-refractivity contribution in [1.29, 1.82) is 0 Å². The zero-order chi connectivity index (χ0) is 31.3. The van der Waals surface area contributed by atoms with E-state index in [2.05, 4.69) is 40.3 Å². The highest BCUT2D eigenvalue weighted by Crippen LogP contribution is 2.42. The van der Waals surface area contributed by atoms with Crippen molar-refractivity contribution in [2.24, 2.45) is 0 Å². The number of aromatic nitrogens is 3. The van der Waals surface area contributed by atoms with Gasteiger partial charge in [-0.3, -0.25) is 0 Å². The molecule has 1 aromatic heterocycles. The van der Waals surface area contributed by atoms with Crippen LogP contribution in [-0.2, 0) is 28.5 Å². The average Bonchev–Trinajstić information content (AvgIpc) is 3.45. The molecule has 1 atom stereocenters. The summed E-state index contributed by atoms with van der Waals surface area (Å²) < 4.78 is 14.9. The van der Waals surface area contributed by atoms with Crippen LogP contribution in [0.1, 0.15) is 40.8 Å². The molecular formula is C35H30BrClN4O3S. The van der Waals surface area contributed by atoms with Crippen molar-refractivity contribution in [2.75, 3.05) is 5.32 Å². The number of allylic oxidation sites excluding steroid dienone is 1. The molecule has 6 rings (SSSR count). The normalized spacial score (nSPS) is 14.1. The highest BCUT2D eigenvalue weighted by atomic mass is 79.9. The molecule has 7 nitrogen and oxygen atoms in total. The first-order valence-electron chi connectivity index (χ1n) is 14.3. The van der Waals surface area contributed by atoms with Crippen LogP contribution in [0.15, 0.2) is 118 Å². The molecule has 0 bridgehead atoms. The van der Waals surface area contributed by atoms with Gasteiger partial charge in [0, 0.05) is 26.5 Å². The molecule has 228 valence electrons. The summed E-state index contributed by atoms with van der Waals surface area (Å²) in [7, 11) is 0. The molecule has 0 aliphatic carbocycles.